The minimum atomic E-state index is -0.508. The van der Waals surface area contributed by atoms with Crippen molar-refractivity contribution in [2.75, 3.05) is 48.4 Å². The molecule has 1 fully saturated rings. The van der Waals surface area contributed by atoms with Gasteiger partial charge in [-0.05, 0) is 43.3 Å². The van der Waals surface area contributed by atoms with Crippen molar-refractivity contribution in [3.05, 3.63) is 66.1 Å². The first-order valence-electron chi connectivity index (χ1n) is 10.3. The molecule has 0 atom stereocenters. The second-order valence-corrected chi connectivity index (χ2v) is 7.26. The third kappa shape index (κ3) is 5.70. The van der Waals surface area contributed by atoms with E-state index >= 15 is 0 Å². The van der Waals surface area contributed by atoms with Gasteiger partial charge in [-0.3, -0.25) is 4.79 Å². The number of carbonyl (C=O) groups is 1. The lowest BCUT2D eigenvalue weighted by Crippen LogP contribution is -2.36. The molecule has 4 rings (SSSR count). The summed E-state index contributed by atoms with van der Waals surface area (Å²) in [7, 11) is 0. The highest BCUT2D eigenvalue weighted by atomic mass is 19.1. The van der Waals surface area contributed by atoms with E-state index in [1.165, 1.54) is 12.1 Å². The van der Waals surface area contributed by atoms with Crippen molar-refractivity contribution in [1.29, 1.82) is 0 Å². The molecule has 0 saturated carbocycles. The van der Waals surface area contributed by atoms with Crippen LogP contribution in [0.4, 0.5) is 27.5 Å². The second-order valence-electron chi connectivity index (χ2n) is 7.26. The molecule has 9 heteroatoms. The van der Waals surface area contributed by atoms with E-state index in [1.54, 1.807) is 24.3 Å². The lowest BCUT2D eigenvalue weighted by Gasteiger charge is -2.28. The zero-order valence-corrected chi connectivity index (χ0v) is 17.7. The molecule has 0 unspecified atom stereocenters. The smallest absolute Gasteiger partial charge is 0.262 e. The molecule has 3 aromatic rings. The number of carbonyl (C=O) groups excluding carboxylic acids is 1. The molecule has 1 amide bonds. The van der Waals surface area contributed by atoms with Gasteiger partial charge in [-0.25, -0.2) is 9.37 Å². The van der Waals surface area contributed by atoms with Crippen LogP contribution in [-0.4, -0.2) is 48.8 Å². The first kappa shape index (κ1) is 21.5. The Morgan fingerprint density at radius 2 is 1.81 bits per heavy atom. The Bertz CT molecular complexity index is 1070. The largest absolute Gasteiger partial charge is 0.481 e. The van der Waals surface area contributed by atoms with Gasteiger partial charge in [0.1, 0.15) is 5.82 Å². The first-order chi connectivity index (χ1) is 15.6. The SMILES string of the molecule is Cc1cc(N2CCOCC2)nc(Nc2ccc(NC(=O)COc3ccccc3F)cc2)n1. The van der Waals surface area contributed by atoms with Crippen LogP contribution in [-0.2, 0) is 9.53 Å². The summed E-state index contributed by atoms with van der Waals surface area (Å²) in [6.45, 7) is 4.60. The lowest BCUT2D eigenvalue weighted by atomic mass is 10.2. The molecular weight excluding hydrogens is 413 g/mol. The standard InChI is InChI=1S/C23H24FN5O3/c1-16-14-21(29-10-12-31-13-11-29)28-23(25-16)27-18-8-6-17(7-9-18)26-22(30)15-32-20-5-3-2-4-19(20)24/h2-9,14H,10-13,15H2,1H3,(H,26,30)(H,25,27,28). The number of nitrogens with one attached hydrogen (secondary N) is 2. The van der Waals surface area contributed by atoms with Crippen molar-refractivity contribution in [1.82, 2.24) is 9.97 Å². The average molecular weight is 437 g/mol. The van der Waals surface area contributed by atoms with Gasteiger partial charge in [-0.2, -0.15) is 4.98 Å². The Balaban J connectivity index is 1.34. The third-order valence-electron chi connectivity index (χ3n) is 4.80. The van der Waals surface area contributed by atoms with Crippen LogP contribution in [0.2, 0.25) is 0 Å². The Kier molecular flexibility index (Phi) is 6.76. The molecule has 0 spiro atoms. The van der Waals surface area contributed by atoms with E-state index in [0.29, 0.717) is 24.8 Å². The molecule has 0 bridgehead atoms. The number of benzene rings is 2. The van der Waals surface area contributed by atoms with Crippen LogP contribution in [0.5, 0.6) is 5.75 Å². The van der Waals surface area contributed by atoms with Crippen LogP contribution in [0.25, 0.3) is 0 Å². The maximum atomic E-state index is 13.6. The monoisotopic (exact) mass is 437 g/mol. The maximum absolute atomic E-state index is 13.6. The van der Waals surface area contributed by atoms with Crippen molar-refractivity contribution in [3.8, 4) is 5.75 Å². The van der Waals surface area contributed by atoms with E-state index in [2.05, 4.69) is 25.5 Å². The van der Waals surface area contributed by atoms with Gasteiger partial charge in [0.25, 0.3) is 5.91 Å². The summed E-state index contributed by atoms with van der Waals surface area (Å²) in [5, 5.41) is 5.92. The van der Waals surface area contributed by atoms with Crippen molar-refractivity contribution in [2.45, 2.75) is 6.92 Å². The highest BCUT2D eigenvalue weighted by molar-refractivity contribution is 5.92. The number of morpholine rings is 1. The minimum Gasteiger partial charge on any atom is -0.481 e. The van der Waals surface area contributed by atoms with Crippen molar-refractivity contribution in [2.24, 2.45) is 0 Å². The summed E-state index contributed by atoms with van der Waals surface area (Å²) in [6, 6.07) is 15.0. The average Bonchev–Trinajstić information content (AvgIpc) is 2.80. The van der Waals surface area contributed by atoms with Crippen LogP contribution in [0, 0.1) is 12.7 Å². The van der Waals surface area contributed by atoms with Crippen molar-refractivity contribution < 1.29 is 18.7 Å². The zero-order chi connectivity index (χ0) is 22.3. The normalized spacial score (nSPS) is 13.5. The molecule has 166 valence electrons. The fourth-order valence-corrected chi connectivity index (χ4v) is 3.23. The van der Waals surface area contributed by atoms with Crippen LogP contribution >= 0.6 is 0 Å². The molecule has 32 heavy (non-hydrogen) atoms. The number of halogens is 1. The molecule has 2 N–H and O–H groups in total. The highest BCUT2D eigenvalue weighted by Crippen LogP contribution is 2.21. The first-order valence-corrected chi connectivity index (χ1v) is 10.3. The molecule has 0 aliphatic carbocycles. The van der Waals surface area contributed by atoms with Crippen molar-refractivity contribution in [3.63, 3.8) is 0 Å². The quantitative estimate of drug-likeness (QED) is 0.585. The molecule has 1 aliphatic heterocycles. The lowest BCUT2D eigenvalue weighted by molar-refractivity contribution is -0.118. The van der Waals surface area contributed by atoms with Crippen LogP contribution in [0.3, 0.4) is 0 Å². The molecule has 0 radical (unpaired) electrons. The van der Waals surface area contributed by atoms with Crippen LogP contribution in [0.15, 0.2) is 54.6 Å². The number of para-hydroxylation sites is 1. The number of rotatable bonds is 7. The molecule has 1 saturated heterocycles. The fraction of sp³-hybridized carbons (Fsp3) is 0.261. The van der Waals surface area contributed by atoms with Crippen LogP contribution < -0.4 is 20.3 Å². The van der Waals surface area contributed by atoms with E-state index in [4.69, 9.17) is 9.47 Å². The number of amides is 1. The van der Waals surface area contributed by atoms with E-state index < -0.39 is 5.82 Å². The Labute approximate surface area is 185 Å². The summed E-state index contributed by atoms with van der Waals surface area (Å²) in [6.07, 6.45) is 0. The summed E-state index contributed by atoms with van der Waals surface area (Å²) in [5.74, 6) is 0.511. The van der Waals surface area contributed by atoms with Gasteiger partial charge in [-0.1, -0.05) is 12.1 Å². The second kappa shape index (κ2) is 10.1. The van der Waals surface area contributed by atoms with Gasteiger partial charge in [0.15, 0.2) is 18.2 Å². The highest BCUT2D eigenvalue weighted by Gasteiger charge is 2.14. The predicted octanol–water partition coefficient (Wildman–Crippen LogP) is 3.52. The number of aromatic nitrogens is 2. The van der Waals surface area contributed by atoms with E-state index in [1.807, 2.05) is 25.1 Å². The van der Waals surface area contributed by atoms with E-state index in [0.717, 1.165) is 30.3 Å². The number of hydrogen-bond donors (Lipinski definition) is 2. The van der Waals surface area contributed by atoms with Gasteiger partial charge in [0.05, 0.1) is 13.2 Å². The zero-order valence-electron chi connectivity index (χ0n) is 17.7. The van der Waals surface area contributed by atoms with E-state index in [-0.39, 0.29) is 18.3 Å². The third-order valence-corrected chi connectivity index (χ3v) is 4.80. The maximum Gasteiger partial charge on any atom is 0.262 e. The Morgan fingerprint density at radius 3 is 2.56 bits per heavy atom. The van der Waals surface area contributed by atoms with E-state index in [9.17, 15) is 9.18 Å². The number of hydrogen-bond acceptors (Lipinski definition) is 7. The topological polar surface area (TPSA) is 88.6 Å². The summed E-state index contributed by atoms with van der Waals surface area (Å²) in [5.41, 5.74) is 2.24. The molecule has 1 aliphatic rings. The summed E-state index contributed by atoms with van der Waals surface area (Å²) in [4.78, 5) is 23.3. The van der Waals surface area contributed by atoms with Gasteiger partial charge >= 0.3 is 0 Å². The molecule has 1 aromatic heterocycles. The number of anilines is 4. The molecule has 2 heterocycles. The van der Waals surface area contributed by atoms with Crippen molar-refractivity contribution >= 4 is 29.0 Å². The number of nitrogens with zero attached hydrogens (tertiary/aromatic N) is 3. The summed E-state index contributed by atoms with van der Waals surface area (Å²) >= 11 is 0. The van der Waals surface area contributed by atoms with Gasteiger partial charge in [0, 0.05) is 36.2 Å². The fourth-order valence-electron chi connectivity index (χ4n) is 3.23. The van der Waals surface area contributed by atoms with Crippen LogP contribution in [0.1, 0.15) is 5.69 Å². The Hall–Kier alpha value is -3.72. The number of ether oxygens (including phenoxy) is 2. The Morgan fingerprint density at radius 1 is 1.09 bits per heavy atom. The minimum absolute atomic E-state index is 0.0387. The number of aryl methyl sites for hydroxylation is 1. The summed E-state index contributed by atoms with van der Waals surface area (Å²) < 4.78 is 24.2. The molecule has 8 nitrogen and oxygen atoms in total. The predicted molar refractivity (Wildman–Crippen MR) is 120 cm³/mol. The molecule has 2 aromatic carbocycles. The van der Waals surface area contributed by atoms with Gasteiger partial charge < -0.3 is 25.0 Å². The molecular formula is C23H24FN5O3. The van der Waals surface area contributed by atoms with Gasteiger partial charge in [0.2, 0.25) is 5.95 Å². The van der Waals surface area contributed by atoms with Gasteiger partial charge in [-0.15, -0.1) is 0 Å².